The minimum Gasteiger partial charge on any atom is -0.459 e. The molecule has 0 aromatic heterocycles. The first kappa shape index (κ1) is 25.3. The molecule has 1 heterocycles. The van der Waals surface area contributed by atoms with Gasteiger partial charge in [-0.2, -0.15) is 0 Å². The van der Waals surface area contributed by atoms with Crippen LogP contribution in [0.5, 0.6) is 0 Å². The van der Waals surface area contributed by atoms with E-state index in [0.29, 0.717) is 38.9 Å². The Bertz CT molecular complexity index is 792. The highest BCUT2D eigenvalue weighted by Crippen LogP contribution is 2.32. The molecule has 2 rings (SSSR count). The largest absolute Gasteiger partial charge is 0.459 e. The summed E-state index contributed by atoms with van der Waals surface area (Å²) in [4.78, 5) is 23.4. The number of carbonyl (C=O) groups excluding carboxylic acids is 2. The Balaban J connectivity index is 2.07. The summed E-state index contributed by atoms with van der Waals surface area (Å²) >= 11 is 0. The monoisotopic (exact) mass is 440 g/mol. The molecule has 1 aromatic carbocycles. The zero-order chi connectivity index (χ0) is 23.2. The Hall–Kier alpha value is -2.96. The summed E-state index contributed by atoms with van der Waals surface area (Å²) in [6.45, 7) is 11.6. The van der Waals surface area contributed by atoms with E-state index in [2.05, 4.69) is 31.9 Å². The summed E-state index contributed by atoms with van der Waals surface area (Å²) in [5, 5.41) is 0. The molecule has 1 fully saturated rings. The van der Waals surface area contributed by atoms with Crippen LogP contribution in [0.15, 0.2) is 80.4 Å². The van der Waals surface area contributed by atoms with Crippen LogP contribution in [0.25, 0.3) is 0 Å². The summed E-state index contributed by atoms with van der Waals surface area (Å²) in [6, 6.07) is 10.1. The molecule has 6 heteroatoms. The van der Waals surface area contributed by atoms with Gasteiger partial charge in [-0.3, -0.25) is 0 Å². The molecule has 0 bridgehead atoms. The first-order valence-corrected chi connectivity index (χ1v) is 10.8. The summed E-state index contributed by atoms with van der Waals surface area (Å²) in [7, 11) is 0. The van der Waals surface area contributed by atoms with Crippen LogP contribution in [-0.2, 0) is 35.0 Å². The summed E-state index contributed by atoms with van der Waals surface area (Å²) in [6.07, 6.45) is 9.18. The molecule has 1 aliphatic heterocycles. The van der Waals surface area contributed by atoms with Gasteiger partial charge < -0.3 is 18.9 Å². The van der Waals surface area contributed by atoms with Gasteiger partial charge in [0, 0.05) is 37.8 Å². The van der Waals surface area contributed by atoms with Gasteiger partial charge in [-0.15, -0.1) is 6.58 Å². The van der Waals surface area contributed by atoms with Crippen molar-refractivity contribution in [1.82, 2.24) is 0 Å². The number of benzene rings is 1. The second kappa shape index (κ2) is 13.5. The Labute approximate surface area is 190 Å². The second-order valence-corrected chi connectivity index (χ2v) is 7.43. The lowest BCUT2D eigenvalue weighted by Gasteiger charge is -2.31. The molecule has 0 saturated carbocycles. The van der Waals surface area contributed by atoms with Crippen molar-refractivity contribution < 1.29 is 28.5 Å². The standard InChI is InChI=1S/C26H32O6/c1-4-11-22(31-24(27)5-2)14-10-15-23(32-25(28)6-3)20-26(29-18-19-30-26)17-16-21-12-8-7-9-13-21/h4-10,12-14,22-23H,1-3,11,15-20H2/b14-10+/t22-,23+/m1/s1. The van der Waals surface area contributed by atoms with Crippen molar-refractivity contribution >= 4 is 11.9 Å². The molecule has 0 unspecified atom stereocenters. The second-order valence-electron chi connectivity index (χ2n) is 7.43. The quantitative estimate of drug-likeness (QED) is 0.241. The number of esters is 2. The lowest BCUT2D eigenvalue weighted by molar-refractivity contribution is -0.187. The maximum absolute atomic E-state index is 11.9. The molecule has 0 amide bonds. The van der Waals surface area contributed by atoms with E-state index in [1.54, 1.807) is 12.2 Å². The van der Waals surface area contributed by atoms with Crippen molar-refractivity contribution in [1.29, 1.82) is 0 Å². The van der Waals surface area contributed by atoms with Crippen molar-refractivity contribution in [3.63, 3.8) is 0 Å². The lowest BCUT2D eigenvalue weighted by atomic mass is 9.97. The van der Waals surface area contributed by atoms with Gasteiger partial charge in [0.25, 0.3) is 0 Å². The predicted molar refractivity (Wildman–Crippen MR) is 123 cm³/mol. The van der Waals surface area contributed by atoms with E-state index >= 15 is 0 Å². The van der Waals surface area contributed by atoms with Crippen LogP contribution in [-0.4, -0.2) is 43.1 Å². The zero-order valence-corrected chi connectivity index (χ0v) is 18.4. The van der Waals surface area contributed by atoms with Gasteiger partial charge in [-0.1, -0.05) is 55.6 Å². The van der Waals surface area contributed by atoms with Gasteiger partial charge in [0.1, 0.15) is 12.2 Å². The fourth-order valence-corrected chi connectivity index (χ4v) is 3.48. The van der Waals surface area contributed by atoms with Crippen LogP contribution >= 0.6 is 0 Å². The van der Waals surface area contributed by atoms with Crippen molar-refractivity contribution in [2.24, 2.45) is 0 Å². The summed E-state index contributed by atoms with van der Waals surface area (Å²) in [5.74, 6) is -1.85. The molecular formula is C26H32O6. The zero-order valence-electron chi connectivity index (χ0n) is 18.4. The molecule has 172 valence electrons. The van der Waals surface area contributed by atoms with Crippen LogP contribution < -0.4 is 0 Å². The first-order chi connectivity index (χ1) is 15.5. The lowest BCUT2D eigenvalue weighted by Crippen LogP contribution is -2.37. The van der Waals surface area contributed by atoms with Gasteiger partial charge in [0.05, 0.1) is 13.2 Å². The predicted octanol–water partition coefficient (Wildman–Crippen LogP) is 4.47. The van der Waals surface area contributed by atoms with E-state index in [9.17, 15) is 9.59 Å². The highest BCUT2D eigenvalue weighted by molar-refractivity contribution is 5.81. The molecule has 1 saturated heterocycles. The van der Waals surface area contributed by atoms with Gasteiger partial charge in [-0.05, 0) is 18.1 Å². The molecular weight excluding hydrogens is 408 g/mol. The third kappa shape index (κ3) is 8.65. The smallest absolute Gasteiger partial charge is 0.330 e. The van der Waals surface area contributed by atoms with Gasteiger partial charge >= 0.3 is 11.9 Å². The first-order valence-electron chi connectivity index (χ1n) is 10.8. The number of aryl methyl sites for hydroxylation is 1. The van der Waals surface area contributed by atoms with Crippen LogP contribution in [0.4, 0.5) is 0 Å². The topological polar surface area (TPSA) is 71.1 Å². The molecule has 2 atom stereocenters. The maximum Gasteiger partial charge on any atom is 0.330 e. The van der Waals surface area contributed by atoms with Gasteiger partial charge in [-0.25, -0.2) is 9.59 Å². The van der Waals surface area contributed by atoms with Gasteiger partial charge in [0.15, 0.2) is 5.79 Å². The fraction of sp³-hybridized carbons (Fsp3) is 0.385. The molecule has 1 aromatic rings. The third-order valence-electron chi connectivity index (χ3n) is 5.02. The van der Waals surface area contributed by atoms with E-state index in [1.807, 2.05) is 24.3 Å². The van der Waals surface area contributed by atoms with E-state index in [0.717, 1.165) is 18.6 Å². The number of hydrogen-bond acceptors (Lipinski definition) is 6. The maximum atomic E-state index is 11.9. The molecule has 0 radical (unpaired) electrons. The molecule has 1 aliphatic rings. The summed E-state index contributed by atoms with van der Waals surface area (Å²) < 4.78 is 22.8. The highest BCUT2D eigenvalue weighted by Gasteiger charge is 2.39. The van der Waals surface area contributed by atoms with Crippen molar-refractivity contribution in [3.05, 3.63) is 86.0 Å². The average molecular weight is 441 g/mol. The SMILES string of the molecule is C=CC[C@H](/C=C/C[C@@H](CC1(CCc2ccccc2)OCCO1)OC(=O)C=C)OC(=O)C=C. The minimum atomic E-state index is -0.828. The Morgan fingerprint density at radius 3 is 2.28 bits per heavy atom. The highest BCUT2D eigenvalue weighted by atomic mass is 16.7. The average Bonchev–Trinajstić information content (AvgIpc) is 3.26. The van der Waals surface area contributed by atoms with Crippen molar-refractivity contribution in [2.45, 2.75) is 50.1 Å². The van der Waals surface area contributed by atoms with Crippen LogP contribution in [0.2, 0.25) is 0 Å². The van der Waals surface area contributed by atoms with Gasteiger partial charge in [0.2, 0.25) is 0 Å². The fourth-order valence-electron chi connectivity index (χ4n) is 3.48. The Morgan fingerprint density at radius 2 is 1.66 bits per heavy atom. The molecule has 32 heavy (non-hydrogen) atoms. The minimum absolute atomic E-state index is 0.377. The van der Waals surface area contributed by atoms with Crippen molar-refractivity contribution in [3.8, 4) is 0 Å². The van der Waals surface area contributed by atoms with E-state index in [4.69, 9.17) is 18.9 Å². The molecule has 0 N–H and O–H groups in total. The normalized spacial score (nSPS) is 16.8. The Kier molecular flexibility index (Phi) is 10.6. The van der Waals surface area contributed by atoms with E-state index in [-0.39, 0.29) is 0 Å². The molecule has 0 spiro atoms. The van der Waals surface area contributed by atoms with E-state index in [1.165, 1.54) is 5.56 Å². The van der Waals surface area contributed by atoms with Crippen LogP contribution in [0.3, 0.4) is 0 Å². The number of rotatable bonds is 14. The number of hydrogen-bond donors (Lipinski definition) is 0. The molecule has 0 aliphatic carbocycles. The van der Waals surface area contributed by atoms with E-state index < -0.39 is 29.9 Å². The third-order valence-corrected chi connectivity index (χ3v) is 5.02. The molecule has 6 nitrogen and oxygen atoms in total. The van der Waals surface area contributed by atoms with Crippen molar-refractivity contribution in [2.75, 3.05) is 13.2 Å². The Morgan fingerprint density at radius 1 is 1.00 bits per heavy atom. The van der Waals surface area contributed by atoms with Crippen LogP contribution in [0, 0.1) is 0 Å². The summed E-state index contributed by atoms with van der Waals surface area (Å²) in [5.41, 5.74) is 1.18. The number of carbonyl (C=O) groups is 2. The number of ether oxygens (including phenoxy) is 4. The van der Waals surface area contributed by atoms with Crippen LogP contribution in [0.1, 0.15) is 31.2 Å².